The number of nitrogens with one attached hydrogen (secondary N) is 1. The maximum absolute atomic E-state index is 12.0. The number of rotatable bonds is 7. The van der Waals surface area contributed by atoms with Crippen LogP contribution in [-0.2, 0) is 11.3 Å². The largest absolute Gasteiger partial charge is 0.488 e. The lowest BCUT2D eigenvalue weighted by Gasteiger charge is -2.07. The quantitative estimate of drug-likeness (QED) is 0.616. The Morgan fingerprint density at radius 3 is 2.90 bits per heavy atom. The molecular weight excluding hydrogens is 264 g/mol. The zero-order valence-corrected chi connectivity index (χ0v) is 11.2. The maximum Gasteiger partial charge on any atom is 0.272 e. The van der Waals surface area contributed by atoms with E-state index in [1.54, 1.807) is 36.4 Å². The molecule has 108 valence electrons. The van der Waals surface area contributed by atoms with Crippen molar-refractivity contribution in [3.63, 3.8) is 0 Å². The van der Waals surface area contributed by atoms with Crippen molar-refractivity contribution in [2.24, 2.45) is 0 Å². The van der Waals surface area contributed by atoms with Gasteiger partial charge in [0.15, 0.2) is 0 Å². The summed E-state index contributed by atoms with van der Waals surface area (Å²) in [6.07, 6.45) is 4.11. The van der Waals surface area contributed by atoms with E-state index in [4.69, 9.17) is 4.74 Å². The summed E-state index contributed by atoms with van der Waals surface area (Å²) in [4.78, 5) is 11.4. The van der Waals surface area contributed by atoms with Crippen LogP contribution in [0.4, 0.5) is 8.78 Å². The number of hydrogen-bond donors (Lipinski definition) is 1. The first-order valence-corrected chi connectivity index (χ1v) is 6.19. The molecule has 0 radical (unpaired) electrons. The van der Waals surface area contributed by atoms with Crippen LogP contribution in [0.2, 0.25) is 0 Å². The van der Waals surface area contributed by atoms with Gasteiger partial charge in [-0.3, -0.25) is 4.79 Å². The summed E-state index contributed by atoms with van der Waals surface area (Å²) in [6, 6.07) is 6.70. The van der Waals surface area contributed by atoms with Crippen LogP contribution < -0.4 is 10.1 Å². The van der Waals surface area contributed by atoms with Crippen LogP contribution in [0.1, 0.15) is 12.5 Å². The molecule has 0 aromatic heterocycles. The van der Waals surface area contributed by atoms with E-state index in [-0.39, 0.29) is 5.91 Å². The van der Waals surface area contributed by atoms with Crippen molar-refractivity contribution in [1.29, 1.82) is 0 Å². The molecule has 0 unspecified atom stereocenters. The van der Waals surface area contributed by atoms with Gasteiger partial charge in [-0.2, -0.15) is 0 Å². The van der Waals surface area contributed by atoms with E-state index >= 15 is 0 Å². The molecule has 0 spiro atoms. The third-order valence-corrected chi connectivity index (χ3v) is 2.29. The molecule has 0 aliphatic rings. The molecule has 0 saturated carbocycles. The van der Waals surface area contributed by atoms with Gasteiger partial charge < -0.3 is 10.1 Å². The van der Waals surface area contributed by atoms with Crippen molar-refractivity contribution in [2.45, 2.75) is 19.9 Å². The SMILES string of the molecule is C/C=C/C=C/C(=O)NCc1cccc(OCC(F)F)c1. The number of carbonyl (C=O) groups excluding carboxylic acids is 1. The molecule has 0 atom stereocenters. The van der Waals surface area contributed by atoms with Gasteiger partial charge in [-0.15, -0.1) is 0 Å². The molecule has 0 aliphatic carbocycles. The molecule has 3 nitrogen and oxygen atoms in total. The highest BCUT2D eigenvalue weighted by atomic mass is 19.3. The zero-order chi connectivity index (χ0) is 14.8. The smallest absolute Gasteiger partial charge is 0.272 e. The summed E-state index contributed by atoms with van der Waals surface area (Å²) < 4.78 is 29.0. The van der Waals surface area contributed by atoms with Crippen LogP contribution in [0.5, 0.6) is 5.75 Å². The van der Waals surface area contributed by atoms with Gasteiger partial charge >= 0.3 is 0 Å². The first-order valence-electron chi connectivity index (χ1n) is 6.19. The molecule has 1 N–H and O–H groups in total. The second kappa shape index (κ2) is 8.85. The first-order chi connectivity index (χ1) is 9.61. The fourth-order valence-electron chi connectivity index (χ4n) is 1.41. The average Bonchev–Trinajstić information content (AvgIpc) is 2.44. The number of carbonyl (C=O) groups is 1. The number of allylic oxidation sites excluding steroid dienone is 3. The summed E-state index contributed by atoms with van der Waals surface area (Å²) in [5.41, 5.74) is 0.782. The minimum Gasteiger partial charge on any atom is -0.488 e. The molecule has 0 aliphatic heterocycles. The Labute approximate surface area is 116 Å². The van der Waals surface area contributed by atoms with Gasteiger partial charge in [0, 0.05) is 12.6 Å². The van der Waals surface area contributed by atoms with Crippen LogP contribution in [-0.4, -0.2) is 18.9 Å². The number of hydrogen-bond acceptors (Lipinski definition) is 2. The summed E-state index contributed by atoms with van der Waals surface area (Å²) in [7, 11) is 0. The van der Waals surface area contributed by atoms with Crippen molar-refractivity contribution in [2.75, 3.05) is 6.61 Å². The topological polar surface area (TPSA) is 38.3 Å². The van der Waals surface area contributed by atoms with Gasteiger partial charge in [-0.25, -0.2) is 8.78 Å². The number of alkyl halides is 2. The molecule has 0 heterocycles. The van der Waals surface area contributed by atoms with E-state index in [2.05, 4.69) is 5.32 Å². The molecule has 0 fully saturated rings. The lowest BCUT2D eigenvalue weighted by Crippen LogP contribution is -2.20. The second-order valence-corrected chi connectivity index (χ2v) is 3.95. The monoisotopic (exact) mass is 281 g/mol. The van der Waals surface area contributed by atoms with Crippen LogP contribution >= 0.6 is 0 Å². The van der Waals surface area contributed by atoms with Crippen molar-refractivity contribution < 1.29 is 18.3 Å². The minimum absolute atomic E-state index is 0.220. The van der Waals surface area contributed by atoms with Gasteiger partial charge in [-0.1, -0.05) is 30.4 Å². The molecule has 1 rings (SSSR count). The first kappa shape index (κ1) is 15.9. The van der Waals surface area contributed by atoms with Gasteiger partial charge in [0.25, 0.3) is 6.43 Å². The Hall–Kier alpha value is -2.17. The van der Waals surface area contributed by atoms with Crippen LogP contribution in [0, 0.1) is 0 Å². The summed E-state index contributed by atoms with van der Waals surface area (Å²) in [5.74, 6) is 0.142. The van der Waals surface area contributed by atoms with Crippen molar-refractivity contribution in [1.82, 2.24) is 5.32 Å². The van der Waals surface area contributed by atoms with Crippen molar-refractivity contribution >= 4 is 5.91 Å². The molecule has 1 aromatic carbocycles. The molecule has 1 aromatic rings. The van der Waals surface area contributed by atoms with Crippen LogP contribution in [0.3, 0.4) is 0 Å². The normalized spacial score (nSPS) is 11.4. The van der Waals surface area contributed by atoms with Gasteiger partial charge in [0.1, 0.15) is 12.4 Å². The summed E-state index contributed by atoms with van der Waals surface area (Å²) in [5, 5.41) is 2.69. The van der Waals surface area contributed by atoms with E-state index in [1.165, 1.54) is 6.08 Å². The maximum atomic E-state index is 12.0. The Bertz CT molecular complexity index is 485. The van der Waals surface area contributed by atoms with Crippen LogP contribution in [0.15, 0.2) is 48.6 Å². The zero-order valence-electron chi connectivity index (χ0n) is 11.2. The number of amides is 1. The number of benzene rings is 1. The summed E-state index contributed by atoms with van der Waals surface area (Å²) >= 11 is 0. The predicted octanol–water partition coefficient (Wildman–Crippen LogP) is 3.08. The third-order valence-electron chi connectivity index (χ3n) is 2.29. The van der Waals surface area contributed by atoms with Gasteiger partial charge in [0.2, 0.25) is 5.91 Å². The Morgan fingerprint density at radius 1 is 1.40 bits per heavy atom. The lowest BCUT2D eigenvalue weighted by atomic mass is 10.2. The van der Waals surface area contributed by atoms with Crippen molar-refractivity contribution in [3.05, 3.63) is 54.1 Å². The van der Waals surface area contributed by atoms with E-state index < -0.39 is 13.0 Å². The molecule has 0 bridgehead atoms. The second-order valence-electron chi connectivity index (χ2n) is 3.95. The standard InChI is InChI=1S/C15H17F2NO2/c1-2-3-4-8-15(19)18-10-12-6-5-7-13(9-12)20-11-14(16)17/h2-9,14H,10-11H2,1H3,(H,18,19)/b3-2+,8-4+. The third kappa shape index (κ3) is 6.68. The predicted molar refractivity (Wildman–Crippen MR) is 73.7 cm³/mol. The molecular formula is C15H17F2NO2. The molecule has 5 heteroatoms. The molecule has 20 heavy (non-hydrogen) atoms. The Kier molecular flexibility index (Phi) is 7.03. The Balaban J connectivity index is 2.47. The van der Waals surface area contributed by atoms with Crippen LogP contribution in [0.25, 0.3) is 0 Å². The fourth-order valence-corrected chi connectivity index (χ4v) is 1.41. The van der Waals surface area contributed by atoms with E-state index in [9.17, 15) is 13.6 Å². The number of ether oxygens (including phenoxy) is 1. The van der Waals surface area contributed by atoms with Crippen molar-refractivity contribution in [3.8, 4) is 5.75 Å². The average molecular weight is 281 g/mol. The lowest BCUT2D eigenvalue weighted by molar-refractivity contribution is -0.116. The highest BCUT2D eigenvalue weighted by Gasteiger charge is 2.04. The van der Waals surface area contributed by atoms with E-state index in [0.717, 1.165) is 5.56 Å². The van der Waals surface area contributed by atoms with E-state index in [0.29, 0.717) is 12.3 Å². The molecule has 1 amide bonds. The fraction of sp³-hybridized carbons (Fsp3) is 0.267. The van der Waals surface area contributed by atoms with E-state index in [1.807, 2.05) is 13.0 Å². The highest BCUT2D eigenvalue weighted by Crippen LogP contribution is 2.14. The number of halogens is 2. The molecule has 0 saturated heterocycles. The highest BCUT2D eigenvalue weighted by molar-refractivity contribution is 5.87. The summed E-state index contributed by atoms with van der Waals surface area (Å²) in [6.45, 7) is 1.53. The van der Waals surface area contributed by atoms with Gasteiger partial charge in [-0.05, 0) is 24.6 Å². The van der Waals surface area contributed by atoms with Gasteiger partial charge in [0.05, 0.1) is 0 Å². The minimum atomic E-state index is -2.50. The Morgan fingerprint density at radius 2 is 2.20 bits per heavy atom.